The van der Waals surface area contributed by atoms with E-state index in [9.17, 15) is 8.42 Å². The molecule has 20 heavy (non-hydrogen) atoms. The lowest BCUT2D eigenvalue weighted by Gasteiger charge is -2.29. The zero-order valence-electron chi connectivity index (χ0n) is 11.7. The van der Waals surface area contributed by atoms with Crippen molar-refractivity contribution in [1.82, 2.24) is 19.2 Å². The van der Waals surface area contributed by atoms with E-state index in [1.165, 1.54) is 10.9 Å². The summed E-state index contributed by atoms with van der Waals surface area (Å²) in [7, 11) is -2.06. The highest BCUT2D eigenvalue weighted by molar-refractivity contribution is 7.89. The van der Waals surface area contributed by atoms with Gasteiger partial charge in [-0.1, -0.05) is 0 Å². The second kappa shape index (κ2) is 6.08. The first-order valence-electron chi connectivity index (χ1n) is 6.49. The SMILES string of the molecule is CC(CN1CCOCC1)NS(=O)(=O)c1c(N)ncn1C. The molecule has 1 aromatic heterocycles. The molecule has 1 unspecified atom stereocenters. The number of morpholine rings is 1. The van der Waals surface area contributed by atoms with E-state index < -0.39 is 10.0 Å². The highest BCUT2D eigenvalue weighted by Crippen LogP contribution is 2.15. The zero-order chi connectivity index (χ0) is 14.8. The molecule has 1 aliphatic heterocycles. The number of sulfonamides is 1. The molecule has 0 spiro atoms. The molecule has 2 heterocycles. The van der Waals surface area contributed by atoms with Crippen LogP contribution >= 0.6 is 0 Å². The molecular weight excluding hydrogens is 282 g/mol. The van der Waals surface area contributed by atoms with Gasteiger partial charge < -0.3 is 15.0 Å². The van der Waals surface area contributed by atoms with Crippen LogP contribution in [0.2, 0.25) is 0 Å². The van der Waals surface area contributed by atoms with Crippen molar-refractivity contribution in [2.75, 3.05) is 38.6 Å². The van der Waals surface area contributed by atoms with Gasteiger partial charge in [-0.3, -0.25) is 4.90 Å². The van der Waals surface area contributed by atoms with Crippen LogP contribution in [-0.4, -0.2) is 61.8 Å². The van der Waals surface area contributed by atoms with Gasteiger partial charge in [-0.25, -0.2) is 18.1 Å². The molecule has 2 rings (SSSR count). The van der Waals surface area contributed by atoms with Crippen LogP contribution in [0.5, 0.6) is 0 Å². The van der Waals surface area contributed by atoms with Crippen molar-refractivity contribution in [3.8, 4) is 0 Å². The van der Waals surface area contributed by atoms with Gasteiger partial charge in [0.25, 0.3) is 10.0 Å². The highest BCUT2D eigenvalue weighted by atomic mass is 32.2. The van der Waals surface area contributed by atoms with E-state index in [2.05, 4.69) is 14.6 Å². The molecule has 1 saturated heterocycles. The molecule has 1 aromatic rings. The van der Waals surface area contributed by atoms with Crippen molar-refractivity contribution in [2.24, 2.45) is 7.05 Å². The predicted molar refractivity (Wildman–Crippen MR) is 74.7 cm³/mol. The van der Waals surface area contributed by atoms with Gasteiger partial charge in [0.1, 0.15) is 0 Å². The fraction of sp³-hybridized carbons (Fsp3) is 0.727. The summed E-state index contributed by atoms with van der Waals surface area (Å²) in [6.07, 6.45) is 1.39. The van der Waals surface area contributed by atoms with Gasteiger partial charge in [-0.15, -0.1) is 0 Å². The van der Waals surface area contributed by atoms with Gasteiger partial charge in [-0.2, -0.15) is 0 Å². The number of aryl methyl sites for hydroxylation is 1. The van der Waals surface area contributed by atoms with Gasteiger partial charge in [0, 0.05) is 32.7 Å². The predicted octanol–water partition coefficient (Wildman–Crippen LogP) is -0.999. The van der Waals surface area contributed by atoms with Gasteiger partial charge in [0.05, 0.1) is 19.5 Å². The van der Waals surface area contributed by atoms with Crippen molar-refractivity contribution in [1.29, 1.82) is 0 Å². The Bertz CT molecular complexity index is 531. The third-order valence-electron chi connectivity index (χ3n) is 3.16. The maximum Gasteiger partial charge on any atom is 0.260 e. The second-order valence-corrected chi connectivity index (χ2v) is 6.61. The normalized spacial score (nSPS) is 19.1. The molecule has 8 nitrogen and oxygen atoms in total. The number of nitrogens with two attached hydrogens (primary N) is 1. The largest absolute Gasteiger partial charge is 0.381 e. The molecule has 9 heteroatoms. The fourth-order valence-corrected chi connectivity index (χ4v) is 3.76. The van der Waals surface area contributed by atoms with E-state index in [-0.39, 0.29) is 16.9 Å². The van der Waals surface area contributed by atoms with Gasteiger partial charge in [-0.05, 0) is 6.92 Å². The maximum absolute atomic E-state index is 12.3. The molecule has 0 aliphatic carbocycles. The Morgan fingerprint density at radius 2 is 2.15 bits per heavy atom. The minimum atomic E-state index is -3.66. The second-order valence-electron chi connectivity index (χ2n) is 4.98. The van der Waals surface area contributed by atoms with Crippen molar-refractivity contribution < 1.29 is 13.2 Å². The van der Waals surface area contributed by atoms with Crippen LogP contribution in [0, 0.1) is 0 Å². The van der Waals surface area contributed by atoms with Gasteiger partial charge >= 0.3 is 0 Å². The molecule has 0 bridgehead atoms. The summed E-state index contributed by atoms with van der Waals surface area (Å²) in [5.41, 5.74) is 5.61. The highest BCUT2D eigenvalue weighted by Gasteiger charge is 2.25. The van der Waals surface area contributed by atoms with E-state index in [1.54, 1.807) is 7.05 Å². The molecule has 0 amide bonds. The number of nitrogens with zero attached hydrogens (tertiary/aromatic N) is 3. The van der Waals surface area contributed by atoms with E-state index in [0.717, 1.165) is 13.1 Å². The van der Waals surface area contributed by atoms with Crippen LogP contribution in [0.3, 0.4) is 0 Å². The van der Waals surface area contributed by atoms with Crippen molar-refractivity contribution in [2.45, 2.75) is 18.0 Å². The number of imidazole rings is 1. The maximum atomic E-state index is 12.3. The molecule has 0 saturated carbocycles. The first kappa shape index (κ1) is 15.2. The third kappa shape index (κ3) is 3.48. The standard InChI is InChI=1S/C11H21N5O3S/c1-9(7-16-3-5-19-6-4-16)14-20(17,18)11-10(12)13-8-15(11)2/h8-9,14H,3-7,12H2,1-2H3. The molecular formula is C11H21N5O3S. The lowest BCUT2D eigenvalue weighted by Crippen LogP contribution is -2.46. The quantitative estimate of drug-likeness (QED) is 0.723. The summed E-state index contributed by atoms with van der Waals surface area (Å²) >= 11 is 0. The summed E-state index contributed by atoms with van der Waals surface area (Å²) in [5, 5.41) is 0.00586. The topological polar surface area (TPSA) is 102 Å². The smallest absolute Gasteiger partial charge is 0.260 e. The number of ether oxygens (including phenoxy) is 1. The Balaban J connectivity index is 2.01. The number of hydrogen-bond donors (Lipinski definition) is 2. The molecule has 0 radical (unpaired) electrons. The van der Waals surface area contributed by atoms with Crippen LogP contribution in [0.4, 0.5) is 5.82 Å². The minimum Gasteiger partial charge on any atom is -0.381 e. The van der Waals surface area contributed by atoms with Crippen LogP contribution in [0.25, 0.3) is 0 Å². The fourth-order valence-electron chi connectivity index (χ4n) is 2.29. The monoisotopic (exact) mass is 303 g/mol. The molecule has 3 N–H and O–H groups in total. The summed E-state index contributed by atoms with van der Waals surface area (Å²) in [5.74, 6) is 0.0126. The molecule has 1 atom stereocenters. The third-order valence-corrected chi connectivity index (χ3v) is 4.88. The van der Waals surface area contributed by atoms with E-state index in [1.807, 2.05) is 6.92 Å². The number of anilines is 1. The molecule has 1 fully saturated rings. The number of nitrogens with one attached hydrogen (secondary N) is 1. The Morgan fingerprint density at radius 1 is 1.50 bits per heavy atom. The average molecular weight is 303 g/mol. The summed E-state index contributed by atoms with van der Waals surface area (Å²) in [4.78, 5) is 5.97. The Morgan fingerprint density at radius 3 is 2.70 bits per heavy atom. The number of nitrogen functional groups attached to an aromatic ring is 1. The Labute approximate surface area is 119 Å². The summed E-state index contributed by atoms with van der Waals surface area (Å²) in [6.45, 7) is 5.49. The van der Waals surface area contributed by atoms with Crippen LogP contribution in [-0.2, 0) is 21.8 Å². The molecule has 1 aliphatic rings. The van der Waals surface area contributed by atoms with Crippen molar-refractivity contribution in [3.05, 3.63) is 6.33 Å². The molecule has 0 aromatic carbocycles. The van der Waals surface area contributed by atoms with E-state index in [0.29, 0.717) is 19.8 Å². The number of aromatic nitrogens is 2. The van der Waals surface area contributed by atoms with Gasteiger partial charge in [0.2, 0.25) is 0 Å². The Hall–Kier alpha value is -1.16. The average Bonchev–Trinajstić information content (AvgIpc) is 2.70. The van der Waals surface area contributed by atoms with E-state index >= 15 is 0 Å². The van der Waals surface area contributed by atoms with E-state index in [4.69, 9.17) is 10.5 Å². The number of rotatable bonds is 5. The summed E-state index contributed by atoms with van der Waals surface area (Å²) < 4.78 is 33.9. The summed E-state index contributed by atoms with van der Waals surface area (Å²) in [6, 6.07) is -0.215. The first-order chi connectivity index (χ1) is 9.40. The van der Waals surface area contributed by atoms with Crippen molar-refractivity contribution in [3.63, 3.8) is 0 Å². The minimum absolute atomic E-state index is 0.00586. The lowest BCUT2D eigenvalue weighted by atomic mass is 10.3. The van der Waals surface area contributed by atoms with Crippen LogP contribution < -0.4 is 10.5 Å². The Kier molecular flexibility index (Phi) is 4.63. The lowest BCUT2D eigenvalue weighted by molar-refractivity contribution is 0.0354. The number of hydrogen-bond acceptors (Lipinski definition) is 6. The molecule has 114 valence electrons. The van der Waals surface area contributed by atoms with Crippen molar-refractivity contribution >= 4 is 15.8 Å². The first-order valence-corrected chi connectivity index (χ1v) is 7.97. The van der Waals surface area contributed by atoms with Gasteiger partial charge in [0.15, 0.2) is 10.8 Å². The zero-order valence-corrected chi connectivity index (χ0v) is 12.6. The van der Waals surface area contributed by atoms with Crippen LogP contribution in [0.1, 0.15) is 6.92 Å². The van der Waals surface area contributed by atoms with Crippen LogP contribution in [0.15, 0.2) is 11.4 Å².